The summed E-state index contributed by atoms with van der Waals surface area (Å²) in [5, 5.41) is 8.52. The summed E-state index contributed by atoms with van der Waals surface area (Å²) in [6, 6.07) is 9.88. The Kier molecular flexibility index (Phi) is 2.59. The number of carbonyl (C=O) groups excluding carboxylic acids is 1. The van der Waals surface area contributed by atoms with Crippen LogP contribution in [0.2, 0.25) is 0 Å². The average molecular weight is 304 g/mol. The fourth-order valence-electron chi connectivity index (χ4n) is 3.93. The number of nitrogens with one attached hydrogen (secondary N) is 1. The molecule has 1 aromatic carbocycles. The summed E-state index contributed by atoms with van der Waals surface area (Å²) < 4.78 is 0. The van der Waals surface area contributed by atoms with Crippen molar-refractivity contribution in [3.63, 3.8) is 0 Å². The number of rotatable bonds is 1. The van der Waals surface area contributed by atoms with Crippen LogP contribution in [0.15, 0.2) is 36.5 Å². The molecule has 1 N–H and O–H groups in total. The van der Waals surface area contributed by atoms with E-state index in [-0.39, 0.29) is 11.9 Å². The lowest BCUT2D eigenvalue weighted by Crippen LogP contribution is -2.39. The second-order valence-electron chi connectivity index (χ2n) is 6.29. The van der Waals surface area contributed by atoms with Crippen LogP contribution in [0, 0.1) is 0 Å². The number of anilines is 1. The van der Waals surface area contributed by atoms with Crippen molar-refractivity contribution in [2.45, 2.75) is 31.7 Å². The SMILES string of the molecule is O=C1c2ccccc2-c2n[nH]c3ccnc(c23)N1C1CCCC1. The molecule has 1 aliphatic heterocycles. The molecule has 1 saturated carbocycles. The minimum Gasteiger partial charge on any atom is -0.289 e. The van der Waals surface area contributed by atoms with Gasteiger partial charge in [0.05, 0.1) is 10.9 Å². The Morgan fingerprint density at radius 3 is 2.70 bits per heavy atom. The van der Waals surface area contributed by atoms with Crippen LogP contribution in [0.25, 0.3) is 22.2 Å². The fourth-order valence-corrected chi connectivity index (χ4v) is 3.93. The van der Waals surface area contributed by atoms with E-state index in [2.05, 4.69) is 15.2 Å². The van der Waals surface area contributed by atoms with E-state index < -0.39 is 0 Å². The highest BCUT2D eigenvalue weighted by Gasteiger charge is 2.35. The third kappa shape index (κ3) is 1.70. The molecule has 2 aromatic heterocycles. The first-order valence-electron chi connectivity index (χ1n) is 8.10. The van der Waals surface area contributed by atoms with Crippen molar-refractivity contribution in [1.29, 1.82) is 0 Å². The lowest BCUT2D eigenvalue weighted by molar-refractivity contribution is 0.0977. The predicted octanol–water partition coefficient (Wildman–Crippen LogP) is 3.53. The summed E-state index contributed by atoms with van der Waals surface area (Å²) in [6.45, 7) is 0. The highest BCUT2D eigenvalue weighted by molar-refractivity contribution is 6.18. The van der Waals surface area contributed by atoms with E-state index >= 15 is 0 Å². The number of H-pyrrole nitrogens is 1. The van der Waals surface area contributed by atoms with E-state index in [0.717, 1.165) is 40.8 Å². The number of hydrogen-bond acceptors (Lipinski definition) is 3. The number of hydrogen-bond donors (Lipinski definition) is 1. The van der Waals surface area contributed by atoms with Gasteiger partial charge in [-0.3, -0.25) is 14.8 Å². The minimum atomic E-state index is 0.0468. The predicted molar refractivity (Wildman–Crippen MR) is 88.4 cm³/mol. The topological polar surface area (TPSA) is 61.9 Å². The van der Waals surface area contributed by atoms with Crippen LogP contribution in [0.3, 0.4) is 0 Å². The van der Waals surface area contributed by atoms with Crippen molar-refractivity contribution < 1.29 is 4.79 Å². The molecule has 0 spiro atoms. The number of benzene rings is 1. The summed E-state index contributed by atoms with van der Waals surface area (Å²) in [6.07, 6.45) is 6.18. The van der Waals surface area contributed by atoms with Gasteiger partial charge in [-0.15, -0.1) is 0 Å². The summed E-state index contributed by atoms with van der Waals surface area (Å²) in [5.74, 6) is 0.796. The Balaban J connectivity index is 1.87. The first kappa shape index (κ1) is 12.8. The summed E-state index contributed by atoms with van der Waals surface area (Å²) in [4.78, 5) is 19.8. The van der Waals surface area contributed by atoms with Gasteiger partial charge in [0.25, 0.3) is 5.91 Å². The molecule has 0 atom stereocenters. The first-order chi connectivity index (χ1) is 11.3. The first-order valence-corrected chi connectivity index (χ1v) is 8.10. The lowest BCUT2D eigenvalue weighted by Gasteiger charge is -2.27. The third-order valence-corrected chi connectivity index (χ3v) is 5.01. The van der Waals surface area contributed by atoms with Crippen molar-refractivity contribution in [2.24, 2.45) is 0 Å². The molecule has 0 unspecified atom stereocenters. The zero-order valence-corrected chi connectivity index (χ0v) is 12.6. The van der Waals surface area contributed by atoms with E-state index in [0.29, 0.717) is 5.56 Å². The maximum atomic E-state index is 13.3. The van der Waals surface area contributed by atoms with Crippen molar-refractivity contribution in [3.8, 4) is 11.3 Å². The summed E-state index contributed by atoms with van der Waals surface area (Å²) >= 11 is 0. The molecule has 1 fully saturated rings. The zero-order chi connectivity index (χ0) is 15.4. The number of fused-ring (bicyclic) bond motifs is 2. The Hall–Kier alpha value is -2.69. The van der Waals surface area contributed by atoms with Crippen LogP contribution in [-0.4, -0.2) is 27.1 Å². The Morgan fingerprint density at radius 2 is 1.87 bits per heavy atom. The average Bonchev–Trinajstić information content (AvgIpc) is 3.23. The van der Waals surface area contributed by atoms with Gasteiger partial charge in [-0.25, -0.2) is 4.98 Å². The second kappa shape index (κ2) is 4.65. The van der Waals surface area contributed by atoms with Gasteiger partial charge in [0, 0.05) is 23.4 Å². The highest BCUT2D eigenvalue weighted by atomic mass is 16.2. The van der Waals surface area contributed by atoms with Gasteiger partial charge in [-0.2, -0.15) is 5.10 Å². The molecule has 1 aliphatic carbocycles. The molecule has 114 valence electrons. The Morgan fingerprint density at radius 1 is 1.09 bits per heavy atom. The van der Waals surface area contributed by atoms with Gasteiger partial charge in [0.15, 0.2) is 0 Å². The molecule has 5 rings (SSSR count). The molecular formula is C18H16N4O. The van der Waals surface area contributed by atoms with Gasteiger partial charge in [-0.05, 0) is 25.0 Å². The van der Waals surface area contributed by atoms with Gasteiger partial charge in [0.2, 0.25) is 0 Å². The standard InChI is InChI=1S/C18H16N4O/c23-18-13-8-4-3-7-12(13)16-15-14(20-21-16)9-10-19-17(15)22(18)11-5-1-2-6-11/h3-4,7-11H,1-2,5-6H2,(H,20,21). The molecule has 2 aliphatic rings. The highest BCUT2D eigenvalue weighted by Crippen LogP contribution is 2.41. The number of aromatic amines is 1. The summed E-state index contributed by atoms with van der Waals surface area (Å²) in [5.41, 5.74) is 3.36. The molecule has 23 heavy (non-hydrogen) atoms. The smallest absolute Gasteiger partial charge is 0.260 e. The normalized spacial score (nSPS) is 17.6. The van der Waals surface area contributed by atoms with Crippen LogP contribution >= 0.6 is 0 Å². The number of aromatic nitrogens is 3. The quantitative estimate of drug-likeness (QED) is 0.748. The summed E-state index contributed by atoms with van der Waals surface area (Å²) in [7, 11) is 0. The molecule has 0 radical (unpaired) electrons. The Labute approximate surface area is 133 Å². The number of carbonyl (C=O) groups is 1. The van der Waals surface area contributed by atoms with Crippen LogP contribution in [0.5, 0.6) is 0 Å². The van der Waals surface area contributed by atoms with Gasteiger partial charge in [0.1, 0.15) is 11.5 Å². The van der Waals surface area contributed by atoms with Gasteiger partial charge < -0.3 is 0 Å². The lowest BCUT2D eigenvalue weighted by atomic mass is 10.0. The van der Waals surface area contributed by atoms with Crippen molar-refractivity contribution in [1.82, 2.24) is 15.2 Å². The third-order valence-electron chi connectivity index (χ3n) is 5.01. The Bertz CT molecular complexity index is 924. The molecule has 5 nitrogen and oxygen atoms in total. The molecular weight excluding hydrogens is 288 g/mol. The minimum absolute atomic E-state index is 0.0468. The maximum Gasteiger partial charge on any atom is 0.260 e. The van der Waals surface area contributed by atoms with Gasteiger partial charge in [-0.1, -0.05) is 31.0 Å². The molecule has 0 saturated heterocycles. The molecule has 5 heteroatoms. The van der Waals surface area contributed by atoms with Crippen LogP contribution in [-0.2, 0) is 0 Å². The van der Waals surface area contributed by atoms with Crippen LogP contribution < -0.4 is 4.90 Å². The molecule has 0 bridgehead atoms. The maximum absolute atomic E-state index is 13.3. The van der Waals surface area contributed by atoms with Crippen molar-refractivity contribution in [3.05, 3.63) is 42.1 Å². The van der Waals surface area contributed by atoms with Gasteiger partial charge >= 0.3 is 0 Å². The molecule has 1 amide bonds. The van der Waals surface area contributed by atoms with E-state index in [4.69, 9.17) is 0 Å². The fraction of sp³-hybridized carbons (Fsp3) is 0.278. The largest absolute Gasteiger partial charge is 0.289 e. The van der Waals surface area contributed by atoms with Crippen LogP contribution in [0.4, 0.5) is 5.82 Å². The number of amides is 1. The van der Waals surface area contributed by atoms with E-state index in [1.807, 2.05) is 35.2 Å². The van der Waals surface area contributed by atoms with Crippen molar-refractivity contribution in [2.75, 3.05) is 4.90 Å². The molecule has 3 aromatic rings. The number of nitrogens with zero attached hydrogens (tertiary/aromatic N) is 3. The monoisotopic (exact) mass is 304 g/mol. The van der Waals surface area contributed by atoms with E-state index in [9.17, 15) is 4.79 Å². The molecule has 3 heterocycles. The number of pyridine rings is 1. The van der Waals surface area contributed by atoms with E-state index in [1.165, 1.54) is 12.8 Å². The van der Waals surface area contributed by atoms with E-state index in [1.54, 1.807) is 6.20 Å². The second-order valence-corrected chi connectivity index (χ2v) is 6.29. The van der Waals surface area contributed by atoms with Crippen LogP contribution in [0.1, 0.15) is 36.0 Å². The van der Waals surface area contributed by atoms with Crippen molar-refractivity contribution >= 4 is 22.6 Å². The zero-order valence-electron chi connectivity index (χ0n) is 12.6.